The van der Waals surface area contributed by atoms with Crippen LogP contribution in [0.15, 0.2) is 27.3 Å². The summed E-state index contributed by atoms with van der Waals surface area (Å²) in [6.45, 7) is 3.77. The van der Waals surface area contributed by atoms with Gasteiger partial charge in [-0.3, -0.25) is 0 Å². The first-order valence-corrected chi connectivity index (χ1v) is 8.24. The first kappa shape index (κ1) is 13.7. The molecule has 0 fully saturated rings. The number of hydrogen-bond acceptors (Lipinski definition) is 4. The van der Waals surface area contributed by atoms with E-state index in [0.29, 0.717) is 23.8 Å². The van der Waals surface area contributed by atoms with Gasteiger partial charge in [0.2, 0.25) is 0 Å². The number of rotatable bonds is 4. The Bertz CT molecular complexity index is 546. The number of thiophene rings is 1. The van der Waals surface area contributed by atoms with Gasteiger partial charge in [0.05, 0.1) is 0 Å². The van der Waals surface area contributed by atoms with Crippen molar-refractivity contribution in [3.8, 4) is 0 Å². The van der Waals surface area contributed by atoms with Gasteiger partial charge < -0.3 is 5.32 Å². The highest BCUT2D eigenvalue weighted by molar-refractivity contribution is 7.91. The minimum absolute atomic E-state index is 0.447. The molecule has 0 aromatic carbocycles. The quantitative estimate of drug-likeness (QED) is 0.859. The lowest BCUT2D eigenvalue weighted by molar-refractivity contribution is 0.429. The van der Waals surface area contributed by atoms with Gasteiger partial charge in [0.1, 0.15) is 4.21 Å². The maximum atomic E-state index is 12.4. The summed E-state index contributed by atoms with van der Waals surface area (Å²) < 4.78 is 26.9. The highest BCUT2D eigenvalue weighted by Gasteiger charge is 2.27. The molecule has 0 radical (unpaired) electrons. The molecule has 1 aliphatic rings. The Morgan fingerprint density at radius 3 is 2.94 bits per heavy atom. The molecule has 1 aromatic rings. The smallest absolute Gasteiger partial charge is 0.252 e. The highest BCUT2D eigenvalue weighted by Crippen LogP contribution is 2.26. The van der Waals surface area contributed by atoms with Gasteiger partial charge in [0.15, 0.2) is 0 Å². The van der Waals surface area contributed by atoms with Crippen molar-refractivity contribution in [1.82, 2.24) is 9.62 Å². The lowest BCUT2D eigenvalue weighted by atomic mass is 10.2. The van der Waals surface area contributed by atoms with Gasteiger partial charge in [-0.2, -0.15) is 4.31 Å². The molecule has 0 saturated carbocycles. The van der Waals surface area contributed by atoms with E-state index in [0.717, 1.165) is 17.6 Å². The van der Waals surface area contributed by atoms with Crippen LogP contribution in [0.4, 0.5) is 0 Å². The van der Waals surface area contributed by atoms with Crippen LogP contribution in [0.25, 0.3) is 0 Å². The second-order valence-electron chi connectivity index (χ2n) is 4.48. The lowest BCUT2D eigenvalue weighted by Gasteiger charge is -2.24. The Morgan fingerprint density at radius 2 is 2.28 bits per heavy atom. The van der Waals surface area contributed by atoms with Crippen molar-refractivity contribution in [3.05, 3.63) is 28.7 Å². The molecule has 4 nitrogen and oxygen atoms in total. The summed E-state index contributed by atoms with van der Waals surface area (Å²) in [6.07, 6.45) is 2.91. The minimum atomic E-state index is -3.31. The highest BCUT2D eigenvalue weighted by atomic mass is 32.2. The molecule has 0 amide bonds. The Balaban J connectivity index is 2.22. The standard InChI is InChI=1S/C12H18N2O2S2/c1-10-4-3-5-14(8-10)18(15,16)12-6-11(7-13-2)9-17-12/h4,6,9,13H,3,5,7-8H2,1-2H3. The van der Waals surface area contributed by atoms with Gasteiger partial charge in [-0.1, -0.05) is 11.6 Å². The Morgan fingerprint density at radius 1 is 1.50 bits per heavy atom. The van der Waals surface area contributed by atoms with Crippen LogP contribution in [0.5, 0.6) is 0 Å². The molecular weight excluding hydrogens is 268 g/mol. The van der Waals surface area contributed by atoms with Crippen molar-refractivity contribution >= 4 is 21.4 Å². The third-order valence-corrected chi connectivity index (χ3v) is 6.21. The zero-order valence-electron chi connectivity index (χ0n) is 10.6. The first-order valence-electron chi connectivity index (χ1n) is 5.92. The van der Waals surface area contributed by atoms with Gasteiger partial charge in [-0.05, 0) is 37.4 Å². The molecule has 0 unspecified atom stereocenters. The van der Waals surface area contributed by atoms with E-state index in [9.17, 15) is 8.42 Å². The van der Waals surface area contributed by atoms with Crippen molar-refractivity contribution in [2.75, 3.05) is 20.1 Å². The van der Waals surface area contributed by atoms with E-state index >= 15 is 0 Å². The molecule has 0 atom stereocenters. The Hall–Kier alpha value is -0.690. The summed E-state index contributed by atoms with van der Waals surface area (Å²) in [5.41, 5.74) is 2.14. The Kier molecular flexibility index (Phi) is 4.21. The molecule has 1 aromatic heterocycles. The van der Waals surface area contributed by atoms with E-state index in [1.54, 1.807) is 10.4 Å². The van der Waals surface area contributed by atoms with Gasteiger partial charge in [-0.25, -0.2) is 8.42 Å². The van der Waals surface area contributed by atoms with Crippen LogP contribution in [-0.4, -0.2) is 32.9 Å². The van der Waals surface area contributed by atoms with Crippen molar-refractivity contribution in [3.63, 3.8) is 0 Å². The van der Waals surface area contributed by atoms with Crippen LogP contribution in [-0.2, 0) is 16.6 Å². The SMILES string of the molecule is CNCc1csc(S(=O)(=O)N2CCC=C(C)C2)c1. The summed E-state index contributed by atoms with van der Waals surface area (Å²) >= 11 is 1.30. The molecule has 2 heterocycles. The lowest BCUT2D eigenvalue weighted by Crippen LogP contribution is -2.34. The molecule has 0 aliphatic carbocycles. The predicted molar refractivity (Wildman–Crippen MR) is 74.2 cm³/mol. The van der Waals surface area contributed by atoms with Crippen LogP contribution >= 0.6 is 11.3 Å². The molecule has 100 valence electrons. The zero-order valence-corrected chi connectivity index (χ0v) is 12.3. The van der Waals surface area contributed by atoms with E-state index in [2.05, 4.69) is 11.4 Å². The van der Waals surface area contributed by atoms with E-state index in [-0.39, 0.29) is 0 Å². The van der Waals surface area contributed by atoms with Gasteiger partial charge in [-0.15, -0.1) is 11.3 Å². The largest absolute Gasteiger partial charge is 0.316 e. The minimum Gasteiger partial charge on any atom is -0.316 e. The molecule has 2 rings (SSSR count). The first-order chi connectivity index (χ1) is 8.54. The molecular formula is C12H18N2O2S2. The molecule has 0 spiro atoms. The number of sulfonamides is 1. The number of nitrogens with one attached hydrogen (secondary N) is 1. The zero-order chi connectivity index (χ0) is 13.2. The summed E-state index contributed by atoms with van der Waals surface area (Å²) in [5.74, 6) is 0. The van der Waals surface area contributed by atoms with Gasteiger partial charge in [0, 0.05) is 19.6 Å². The molecule has 6 heteroatoms. The molecule has 1 N–H and O–H groups in total. The molecule has 1 aliphatic heterocycles. The maximum Gasteiger partial charge on any atom is 0.252 e. The third-order valence-electron chi connectivity index (χ3n) is 2.90. The van der Waals surface area contributed by atoms with Crippen LogP contribution in [0.2, 0.25) is 0 Å². The van der Waals surface area contributed by atoms with Crippen molar-refractivity contribution in [2.24, 2.45) is 0 Å². The van der Waals surface area contributed by atoms with Crippen LogP contribution < -0.4 is 5.32 Å². The second-order valence-corrected chi connectivity index (χ2v) is 7.56. The van der Waals surface area contributed by atoms with Crippen LogP contribution in [0.1, 0.15) is 18.9 Å². The monoisotopic (exact) mass is 286 g/mol. The predicted octanol–water partition coefficient (Wildman–Crippen LogP) is 1.81. The Labute approximate surface area is 112 Å². The normalized spacial score (nSPS) is 17.8. The summed E-state index contributed by atoms with van der Waals surface area (Å²) in [4.78, 5) is 0. The van der Waals surface area contributed by atoms with E-state index < -0.39 is 10.0 Å². The van der Waals surface area contributed by atoms with Gasteiger partial charge in [0.25, 0.3) is 10.0 Å². The molecule has 0 saturated heterocycles. The fourth-order valence-corrected chi connectivity index (χ4v) is 4.85. The van der Waals surface area contributed by atoms with E-state index in [1.807, 2.05) is 19.4 Å². The van der Waals surface area contributed by atoms with Gasteiger partial charge >= 0.3 is 0 Å². The third kappa shape index (κ3) is 2.83. The number of hydrogen-bond donors (Lipinski definition) is 1. The maximum absolute atomic E-state index is 12.4. The second kappa shape index (κ2) is 5.52. The summed E-state index contributed by atoms with van der Waals surface area (Å²) in [5, 5.41) is 4.92. The average Bonchev–Trinajstić information content (AvgIpc) is 2.79. The van der Waals surface area contributed by atoms with E-state index in [1.165, 1.54) is 11.3 Å². The fraction of sp³-hybridized carbons (Fsp3) is 0.500. The van der Waals surface area contributed by atoms with Crippen LogP contribution in [0.3, 0.4) is 0 Å². The van der Waals surface area contributed by atoms with Crippen molar-refractivity contribution in [2.45, 2.75) is 24.1 Å². The molecule has 18 heavy (non-hydrogen) atoms. The van der Waals surface area contributed by atoms with Crippen molar-refractivity contribution in [1.29, 1.82) is 0 Å². The van der Waals surface area contributed by atoms with Crippen molar-refractivity contribution < 1.29 is 8.42 Å². The topological polar surface area (TPSA) is 49.4 Å². The summed E-state index contributed by atoms with van der Waals surface area (Å²) in [7, 11) is -1.46. The number of nitrogens with zero attached hydrogens (tertiary/aromatic N) is 1. The van der Waals surface area contributed by atoms with E-state index in [4.69, 9.17) is 0 Å². The fourth-order valence-electron chi connectivity index (χ4n) is 1.99. The molecule has 0 bridgehead atoms. The summed E-state index contributed by atoms with van der Waals surface area (Å²) in [6, 6.07) is 1.77. The van der Waals surface area contributed by atoms with Crippen LogP contribution in [0, 0.1) is 0 Å². The average molecular weight is 286 g/mol.